The maximum absolute atomic E-state index is 12.4. The third-order valence-corrected chi connectivity index (χ3v) is 5.39. The summed E-state index contributed by atoms with van der Waals surface area (Å²) in [4.78, 5) is 28.0. The van der Waals surface area contributed by atoms with Crippen LogP contribution in [0.2, 0.25) is 0 Å². The molecule has 0 fully saturated rings. The molecule has 0 saturated heterocycles. The minimum absolute atomic E-state index is 0.187. The summed E-state index contributed by atoms with van der Waals surface area (Å²) >= 11 is 6.76. The Morgan fingerprint density at radius 3 is 2.48 bits per heavy atom. The second kappa shape index (κ2) is 7.93. The van der Waals surface area contributed by atoms with E-state index in [4.69, 9.17) is 9.47 Å². The number of hydrogen-bond donors (Lipinski definition) is 0. The molecule has 0 amide bonds. The summed E-state index contributed by atoms with van der Waals surface area (Å²) < 4.78 is 11.7. The largest absolute Gasteiger partial charge is 0.424 e. The molecule has 0 atom stereocenters. The van der Waals surface area contributed by atoms with Crippen molar-refractivity contribution in [3.05, 3.63) is 80.4 Å². The molecule has 0 aromatic heterocycles. The Balaban J connectivity index is 1.73. The van der Waals surface area contributed by atoms with Gasteiger partial charge in [0.1, 0.15) is 0 Å². The van der Waals surface area contributed by atoms with E-state index < -0.39 is 11.9 Å². The summed E-state index contributed by atoms with van der Waals surface area (Å²) in [5.41, 5.74) is 1.63. The number of carbonyl (C=O) groups excluding carboxylic acids is 2. The lowest BCUT2D eigenvalue weighted by molar-refractivity contribution is -0.132. The minimum Gasteiger partial charge on any atom is -0.424 e. The molecule has 1 aliphatic heterocycles. The first kappa shape index (κ1) is 19.5. The summed E-state index contributed by atoms with van der Waals surface area (Å²) in [6.07, 6.45) is 1.62. The van der Waals surface area contributed by atoms with Gasteiger partial charge in [0.25, 0.3) is 0 Å². The van der Waals surface area contributed by atoms with E-state index >= 15 is 0 Å². The van der Waals surface area contributed by atoms with Gasteiger partial charge >= 0.3 is 11.9 Å². The fourth-order valence-corrected chi connectivity index (χ4v) is 4.38. The van der Waals surface area contributed by atoms with E-state index in [1.165, 1.54) is 6.92 Å². The molecule has 7 heteroatoms. The molecule has 0 aliphatic carbocycles. The van der Waals surface area contributed by atoms with Gasteiger partial charge in [-0.25, -0.2) is 9.79 Å². The zero-order chi connectivity index (χ0) is 20.5. The molecule has 0 N–H and O–H groups in total. The van der Waals surface area contributed by atoms with Gasteiger partial charge in [-0.05, 0) is 72.5 Å². The lowest BCUT2D eigenvalue weighted by Gasteiger charge is -2.08. The van der Waals surface area contributed by atoms with Crippen molar-refractivity contribution in [2.45, 2.75) is 6.92 Å². The van der Waals surface area contributed by atoms with Crippen molar-refractivity contribution < 1.29 is 19.1 Å². The molecule has 0 spiro atoms. The van der Waals surface area contributed by atoms with Crippen LogP contribution in [-0.2, 0) is 14.3 Å². The first-order chi connectivity index (χ1) is 13.9. The predicted molar refractivity (Wildman–Crippen MR) is 118 cm³/mol. The van der Waals surface area contributed by atoms with Gasteiger partial charge in [-0.15, -0.1) is 0 Å². The number of halogens is 2. The third kappa shape index (κ3) is 4.02. The van der Waals surface area contributed by atoms with Crippen LogP contribution in [0.4, 0.5) is 0 Å². The molecule has 0 unspecified atom stereocenters. The standard InChI is InChI=1S/C22H13Br2NO4/c1-12(26)28-20-17(23)9-13(10-18(20)24)11-19-22(27)29-21(25-19)16-8-4-6-14-5-2-3-7-15(14)16/h2-11H,1H3. The van der Waals surface area contributed by atoms with Crippen LogP contribution in [0, 0.1) is 0 Å². The van der Waals surface area contributed by atoms with Crippen LogP contribution < -0.4 is 4.74 Å². The van der Waals surface area contributed by atoms with Crippen LogP contribution in [0.1, 0.15) is 18.1 Å². The lowest BCUT2D eigenvalue weighted by atomic mass is 10.0. The van der Waals surface area contributed by atoms with Gasteiger partial charge in [0.15, 0.2) is 11.4 Å². The summed E-state index contributed by atoms with van der Waals surface area (Å²) in [5.74, 6) is -0.313. The Morgan fingerprint density at radius 1 is 1.07 bits per heavy atom. The smallest absolute Gasteiger partial charge is 0.363 e. The van der Waals surface area contributed by atoms with Crippen LogP contribution >= 0.6 is 31.9 Å². The second-order valence-corrected chi connectivity index (χ2v) is 7.98. The fraction of sp³-hybridized carbons (Fsp3) is 0.0455. The maximum atomic E-state index is 12.4. The SMILES string of the molecule is CC(=O)Oc1c(Br)cc(C=C2N=C(c3cccc4ccccc34)OC2=O)cc1Br. The quantitative estimate of drug-likeness (QED) is 0.258. The fourth-order valence-electron chi connectivity index (χ4n) is 3.00. The maximum Gasteiger partial charge on any atom is 0.363 e. The number of nitrogens with zero attached hydrogens (tertiary/aromatic N) is 1. The highest BCUT2D eigenvalue weighted by atomic mass is 79.9. The first-order valence-electron chi connectivity index (χ1n) is 8.60. The number of hydrogen-bond acceptors (Lipinski definition) is 5. The molecule has 0 saturated carbocycles. The second-order valence-electron chi connectivity index (χ2n) is 6.27. The molecule has 3 aromatic rings. The molecule has 0 bridgehead atoms. The predicted octanol–water partition coefficient (Wildman–Crippen LogP) is 5.63. The Morgan fingerprint density at radius 2 is 1.76 bits per heavy atom. The summed E-state index contributed by atoms with van der Waals surface area (Å²) in [5, 5.41) is 1.99. The van der Waals surface area contributed by atoms with Crippen molar-refractivity contribution in [1.29, 1.82) is 0 Å². The van der Waals surface area contributed by atoms with Crippen LogP contribution in [0.15, 0.2) is 74.2 Å². The molecule has 0 radical (unpaired) electrons. The van der Waals surface area contributed by atoms with E-state index in [-0.39, 0.29) is 11.6 Å². The number of aliphatic imine (C=N–C) groups is 1. The van der Waals surface area contributed by atoms with Crippen molar-refractivity contribution in [2.24, 2.45) is 4.99 Å². The summed E-state index contributed by atoms with van der Waals surface area (Å²) in [7, 11) is 0. The average Bonchev–Trinajstić information content (AvgIpc) is 3.04. The number of carbonyl (C=O) groups is 2. The van der Waals surface area contributed by atoms with Crippen molar-refractivity contribution in [3.8, 4) is 5.75 Å². The van der Waals surface area contributed by atoms with E-state index in [1.54, 1.807) is 18.2 Å². The van der Waals surface area contributed by atoms with E-state index in [0.717, 1.165) is 16.3 Å². The van der Waals surface area contributed by atoms with Gasteiger partial charge in [0, 0.05) is 12.5 Å². The molecule has 5 nitrogen and oxygen atoms in total. The van der Waals surface area contributed by atoms with Crippen molar-refractivity contribution >= 4 is 66.5 Å². The number of cyclic esters (lactones) is 1. The van der Waals surface area contributed by atoms with Gasteiger partial charge in [-0.2, -0.15) is 0 Å². The van der Waals surface area contributed by atoms with E-state index in [2.05, 4.69) is 36.9 Å². The normalized spacial score (nSPS) is 14.8. The molecular weight excluding hydrogens is 502 g/mol. The van der Waals surface area contributed by atoms with Gasteiger partial charge in [0.2, 0.25) is 5.90 Å². The van der Waals surface area contributed by atoms with Gasteiger partial charge in [-0.1, -0.05) is 36.4 Å². The number of esters is 2. The molecule has 4 rings (SSSR count). The Labute approximate surface area is 183 Å². The Hall–Kier alpha value is -2.77. The highest BCUT2D eigenvalue weighted by Gasteiger charge is 2.25. The van der Waals surface area contributed by atoms with E-state index in [1.807, 2.05) is 42.5 Å². The molecular formula is C22H13Br2NO4. The van der Waals surface area contributed by atoms with Gasteiger partial charge in [0.05, 0.1) is 8.95 Å². The van der Waals surface area contributed by atoms with Gasteiger partial charge < -0.3 is 9.47 Å². The lowest BCUT2D eigenvalue weighted by Crippen LogP contribution is -2.06. The molecule has 1 heterocycles. The Bertz CT molecular complexity index is 1200. The highest BCUT2D eigenvalue weighted by molar-refractivity contribution is 9.11. The monoisotopic (exact) mass is 513 g/mol. The number of rotatable bonds is 3. The summed E-state index contributed by atoms with van der Waals surface area (Å²) in [6, 6.07) is 17.1. The van der Waals surface area contributed by atoms with Crippen LogP contribution in [0.25, 0.3) is 16.8 Å². The van der Waals surface area contributed by atoms with Crippen LogP contribution in [-0.4, -0.2) is 17.8 Å². The zero-order valence-electron chi connectivity index (χ0n) is 15.1. The average molecular weight is 515 g/mol. The molecule has 29 heavy (non-hydrogen) atoms. The molecule has 3 aromatic carbocycles. The number of fused-ring (bicyclic) bond motifs is 1. The first-order valence-corrected chi connectivity index (χ1v) is 10.2. The van der Waals surface area contributed by atoms with Crippen molar-refractivity contribution in [1.82, 2.24) is 0 Å². The van der Waals surface area contributed by atoms with Crippen molar-refractivity contribution in [2.75, 3.05) is 0 Å². The zero-order valence-corrected chi connectivity index (χ0v) is 18.3. The third-order valence-electron chi connectivity index (χ3n) is 4.21. The van der Waals surface area contributed by atoms with Crippen LogP contribution in [0.5, 0.6) is 5.75 Å². The van der Waals surface area contributed by atoms with Crippen molar-refractivity contribution in [3.63, 3.8) is 0 Å². The highest BCUT2D eigenvalue weighted by Crippen LogP contribution is 2.36. The number of benzene rings is 3. The molecule has 144 valence electrons. The molecule has 1 aliphatic rings. The summed E-state index contributed by atoms with van der Waals surface area (Å²) in [6.45, 7) is 1.33. The van der Waals surface area contributed by atoms with Gasteiger partial charge in [-0.3, -0.25) is 4.79 Å². The Kier molecular flexibility index (Phi) is 5.34. The van der Waals surface area contributed by atoms with E-state index in [0.29, 0.717) is 20.3 Å². The topological polar surface area (TPSA) is 65.0 Å². The van der Waals surface area contributed by atoms with E-state index in [9.17, 15) is 9.59 Å². The minimum atomic E-state index is -0.524. The number of ether oxygens (including phenoxy) is 2. The van der Waals surface area contributed by atoms with Crippen LogP contribution in [0.3, 0.4) is 0 Å².